The molecule has 0 unspecified atom stereocenters. The first-order valence-electron chi connectivity index (χ1n) is 6.29. The molecule has 1 aromatic carbocycles. The molecule has 0 aliphatic carbocycles. The molecule has 0 radical (unpaired) electrons. The van der Waals surface area contributed by atoms with Crippen molar-refractivity contribution in [2.24, 2.45) is 0 Å². The van der Waals surface area contributed by atoms with Gasteiger partial charge >= 0.3 is 0 Å². The summed E-state index contributed by atoms with van der Waals surface area (Å²) >= 11 is 0. The molecule has 2 rings (SSSR count). The predicted molar refractivity (Wildman–Crippen MR) is 65.4 cm³/mol. The highest BCUT2D eigenvalue weighted by Gasteiger charge is 2.31. The maximum Gasteiger partial charge on any atom is 0.227 e. The number of piperidine rings is 1. The molecule has 1 amide bonds. The zero-order valence-electron chi connectivity index (χ0n) is 10.8. The largest absolute Gasteiger partial charge is 0.342 e. The van der Waals surface area contributed by atoms with Gasteiger partial charge in [0.15, 0.2) is 0 Å². The summed E-state index contributed by atoms with van der Waals surface area (Å²) in [7, 11) is 0. The van der Waals surface area contributed by atoms with E-state index >= 15 is 0 Å². The van der Waals surface area contributed by atoms with Gasteiger partial charge in [0.05, 0.1) is 6.42 Å². The van der Waals surface area contributed by atoms with Crippen molar-refractivity contribution in [3.05, 3.63) is 35.4 Å². The summed E-state index contributed by atoms with van der Waals surface area (Å²) in [6.07, 6.45) is 0.207. The molecule has 2 nitrogen and oxygen atoms in total. The van der Waals surface area contributed by atoms with Crippen LogP contribution in [0.3, 0.4) is 0 Å². The number of hydrogen-bond acceptors (Lipinski definition) is 1. The third-order valence-corrected chi connectivity index (χ3v) is 3.55. The minimum atomic E-state index is -1.25. The van der Waals surface area contributed by atoms with Gasteiger partial charge in [0.2, 0.25) is 5.91 Å². The first kappa shape index (κ1) is 13.9. The highest BCUT2D eigenvalue weighted by Crippen LogP contribution is 2.26. The third kappa shape index (κ3) is 3.28. The Morgan fingerprint density at radius 1 is 1.26 bits per heavy atom. The average Bonchev–Trinajstić information content (AvgIpc) is 2.33. The van der Waals surface area contributed by atoms with Crippen LogP contribution < -0.4 is 0 Å². The highest BCUT2D eigenvalue weighted by molar-refractivity contribution is 5.79. The Hall–Kier alpha value is -1.52. The fourth-order valence-electron chi connectivity index (χ4n) is 2.19. The minimum absolute atomic E-state index is 0.221. The number of carbonyl (C=O) groups is 1. The van der Waals surface area contributed by atoms with Crippen molar-refractivity contribution in [1.82, 2.24) is 4.90 Å². The van der Waals surface area contributed by atoms with E-state index in [1.165, 1.54) is 17.9 Å². The molecule has 1 aromatic rings. The molecule has 0 bridgehead atoms. The van der Waals surface area contributed by atoms with Crippen molar-refractivity contribution in [1.29, 1.82) is 0 Å². The predicted octanol–water partition coefficient (Wildman–Crippen LogP) is 2.86. The Morgan fingerprint density at radius 3 is 2.32 bits per heavy atom. The van der Waals surface area contributed by atoms with Gasteiger partial charge < -0.3 is 4.90 Å². The van der Waals surface area contributed by atoms with Crippen LogP contribution in [0, 0.1) is 11.6 Å². The molecule has 1 aliphatic heterocycles. The molecule has 1 saturated heterocycles. The summed E-state index contributed by atoms with van der Waals surface area (Å²) in [6.45, 7) is 2.09. The molecule has 0 aromatic heterocycles. The van der Waals surface area contributed by atoms with E-state index < -0.39 is 17.3 Å². The number of likely N-dealkylation sites (tertiary alicyclic amines) is 1. The molecule has 0 atom stereocenters. The lowest BCUT2D eigenvalue weighted by atomic mass is 9.95. The van der Waals surface area contributed by atoms with Crippen LogP contribution in [-0.4, -0.2) is 29.6 Å². The smallest absolute Gasteiger partial charge is 0.227 e. The van der Waals surface area contributed by atoms with Gasteiger partial charge in [-0.2, -0.15) is 0 Å². The molecule has 19 heavy (non-hydrogen) atoms. The first-order chi connectivity index (χ1) is 8.89. The van der Waals surface area contributed by atoms with Gasteiger partial charge in [0.1, 0.15) is 17.3 Å². The Labute approximate surface area is 110 Å². The van der Waals surface area contributed by atoms with Gasteiger partial charge in [-0.25, -0.2) is 13.2 Å². The second-order valence-corrected chi connectivity index (χ2v) is 5.17. The number of amides is 1. The summed E-state index contributed by atoms with van der Waals surface area (Å²) < 4.78 is 40.5. The number of hydrogen-bond donors (Lipinski definition) is 0. The topological polar surface area (TPSA) is 20.3 Å². The van der Waals surface area contributed by atoms with E-state index in [4.69, 9.17) is 0 Å². The van der Waals surface area contributed by atoms with Crippen LogP contribution in [0.25, 0.3) is 0 Å². The van der Waals surface area contributed by atoms with E-state index in [-0.39, 0.29) is 30.7 Å². The Balaban J connectivity index is 2.02. The van der Waals surface area contributed by atoms with Crippen LogP contribution in [0.1, 0.15) is 25.3 Å². The lowest BCUT2D eigenvalue weighted by Gasteiger charge is -2.34. The van der Waals surface area contributed by atoms with Crippen LogP contribution in [0.2, 0.25) is 0 Å². The minimum Gasteiger partial charge on any atom is -0.342 e. The molecule has 0 saturated carbocycles. The molecule has 1 aliphatic rings. The van der Waals surface area contributed by atoms with Crippen molar-refractivity contribution in [3.8, 4) is 0 Å². The van der Waals surface area contributed by atoms with Crippen LogP contribution >= 0.6 is 0 Å². The van der Waals surface area contributed by atoms with Gasteiger partial charge in [-0.3, -0.25) is 4.79 Å². The summed E-state index contributed by atoms with van der Waals surface area (Å²) in [4.78, 5) is 13.4. The van der Waals surface area contributed by atoms with Crippen LogP contribution in [0.4, 0.5) is 13.2 Å². The molecule has 5 heteroatoms. The van der Waals surface area contributed by atoms with Gasteiger partial charge in [-0.15, -0.1) is 0 Å². The van der Waals surface area contributed by atoms with Crippen molar-refractivity contribution in [2.75, 3.05) is 13.1 Å². The zero-order valence-corrected chi connectivity index (χ0v) is 10.8. The first-order valence-corrected chi connectivity index (χ1v) is 6.29. The summed E-state index contributed by atoms with van der Waals surface area (Å²) in [6, 6.07) is 3.51. The Bertz CT molecular complexity index is 457. The lowest BCUT2D eigenvalue weighted by molar-refractivity contribution is -0.132. The van der Waals surface area contributed by atoms with E-state index in [1.807, 2.05) is 0 Å². The normalized spacial score (nSPS) is 18.4. The van der Waals surface area contributed by atoms with Crippen molar-refractivity contribution < 1.29 is 18.0 Å². The quantitative estimate of drug-likeness (QED) is 0.810. The monoisotopic (exact) mass is 271 g/mol. The lowest BCUT2D eigenvalue weighted by Crippen LogP contribution is -2.44. The molecular weight excluding hydrogens is 255 g/mol. The summed E-state index contributed by atoms with van der Waals surface area (Å²) in [5.74, 6) is -1.80. The Morgan fingerprint density at radius 2 is 1.79 bits per heavy atom. The maximum absolute atomic E-state index is 13.6. The Kier molecular flexibility index (Phi) is 3.83. The van der Waals surface area contributed by atoms with E-state index in [2.05, 4.69) is 0 Å². The van der Waals surface area contributed by atoms with Crippen LogP contribution in [-0.2, 0) is 11.2 Å². The van der Waals surface area contributed by atoms with E-state index in [9.17, 15) is 18.0 Å². The average molecular weight is 271 g/mol. The number of nitrogens with zero attached hydrogens (tertiary/aromatic N) is 1. The van der Waals surface area contributed by atoms with Crippen molar-refractivity contribution >= 4 is 5.91 Å². The van der Waals surface area contributed by atoms with Crippen molar-refractivity contribution in [2.45, 2.75) is 31.9 Å². The molecule has 0 N–H and O–H groups in total. The van der Waals surface area contributed by atoms with Gasteiger partial charge in [-0.05, 0) is 31.9 Å². The maximum atomic E-state index is 13.6. The third-order valence-electron chi connectivity index (χ3n) is 3.55. The molecular formula is C14H16F3NO. The number of halogens is 3. The number of rotatable bonds is 2. The van der Waals surface area contributed by atoms with Crippen LogP contribution in [0.5, 0.6) is 0 Å². The molecule has 0 spiro atoms. The summed E-state index contributed by atoms with van der Waals surface area (Å²) in [5.41, 5.74) is -1.47. The molecule has 1 fully saturated rings. The van der Waals surface area contributed by atoms with Gasteiger partial charge in [0.25, 0.3) is 0 Å². The van der Waals surface area contributed by atoms with Gasteiger partial charge in [-0.1, -0.05) is 6.07 Å². The second kappa shape index (κ2) is 5.23. The standard InChI is InChI=1S/C14H16F3NO/c1-14(17)5-7-18(8-6-14)13(19)9-10-11(15)3-2-4-12(10)16/h2-4H,5-9H2,1H3. The SMILES string of the molecule is CC1(F)CCN(C(=O)Cc2c(F)cccc2F)CC1. The second-order valence-electron chi connectivity index (χ2n) is 5.17. The molecule has 104 valence electrons. The summed E-state index contributed by atoms with van der Waals surface area (Å²) in [5, 5.41) is 0. The highest BCUT2D eigenvalue weighted by atomic mass is 19.1. The number of alkyl halides is 1. The van der Waals surface area contributed by atoms with Crippen LogP contribution in [0.15, 0.2) is 18.2 Å². The fourth-order valence-corrected chi connectivity index (χ4v) is 2.19. The van der Waals surface area contributed by atoms with Crippen molar-refractivity contribution in [3.63, 3.8) is 0 Å². The number of benzene rings is 1. The zero-order chi connectivity index (χ0) is 14.0. The van der Waals surface area contributed by atoms with E-state index in [0.717, 1.165) is 12.1 Å². The van der Waals surface area contributed by atoms with E-state index in [1.54, 1.807) is 0 Å². The number of carbonyl (C=O) groups excluding carboxylic acids is 1. The van der Waals surface area contributed by atoms with Gasteiger partial charge in [0, 0.05) is 18.7 Å². The van der Waals surface area contributed by atoms with E-state index in [0.29, 0.717) is 13.1 Å². The fraction of sp³-hybridized carbons (Fsp3) is 0.500. The molecule has 1 heterocycles.